The molecule has 3 amide bonds. The first kappa shape index (κ1) is 15.8. The quantitative estimate of drug-likeness (QED) is 0.800. The van der Waals surface area contributed by atoms with E-state index in [4.69, 9.17) is 0 Å². The molecule has 1 rings (SSSR count). The summed E-state index contributed by atoms with van der Waals surface area (Å²) in [7, 11) is 3.21. The van der Waals surface area contributed by atoms with E-state index in [1.807, 2.05) is 27.7 Å². The minimum Gasteiger partial charge on any atom is -0.341 e. The lowest BCUT2D eigenvalue weighted by Gasteiger charge is -2.26. The molecule has 0 aromatic heterocycles. The second-order valence-electron chi connectivity index (χ2n) is 5.38. The molecule has 1 aliphatic rings. The average Bonchev–Trinajstić information content (AvgIpc) is 2.78. The van der Waals surface area contributed by atoms with Crippen LogP contribution in [-0.4, -0.2) is 46.5 Å². The van der Waals surface area contributed by atoms with E-state index >= 15 is 0 Å². The van der Waals surface area contributed by atoms with Gasteiger partial charge in [-0.25, -0.2) is 9.80 Å². The van der Waals surface area contributed by atoms with E-state index in [1.54, 1.807) is 14.1 Å². The van der Waals surface area contributed by atoms with Crippen molar-refractivity contribution >= 4 is 28.9 Å². The predicted octanol–water partition coefficient (Wildman–Crippen LogP) is 1.89. The fraction of sp³-hybridized carbons (Fsp3) is 0.750. The maximum atomic E-state index is 12.3. The van der Waals surface area contributed by atoms with Crippen molar-refractivity contribution in [3.8, 4) is 0 Å². The highest BCUT2D eigenvalue weighted by Gasteiger charge is 2.38. The van der Waals surface area contributed by atoms with E-state index in [0.717, 1.165) is 6.42 Å². The van der Waals surface area contributed by atoms with Crippen molar-refractivity contribution in [3.63, 3.8) is 0 Å². The van der Waals surface area contributed by atoms with Crippen molar-refractivity contribution < 1.29 is 9.59 Å². The van der Waals surface area contributed by atoms with Crippen LogP contribution in [0.4, 0.5) is 4.79 Å². The van der Waals surface area contributed by atoms with Gasteiger partial charge in [0.2, 0.25) is 5.91 Å². The van der Waals surface area contributed by atoms with E-state index in [1.165, 1.54) is 21.7 Å². The van der Waals surface area contributed by atoms with Gasteiger partial charge in [-0.05, 0) is 6.42 Å². The second kappa shape index (κ2) is 5.81. The Morgan fingerprint density at radius 3 is 2.47 bits per heavy atom. The van der Waals surface area contributed by atoms with Crippen LogP contribution < -0.4 is 5.32 Å². The maximum Gasteiger partial charge on any atom is 0.322 e. The van der Waals surface area contributed by atoms with E-state index < -0.39 is 5.41 Å². The van der Waals surface area contributed by atoms with Crippen molar-refractivity contribution in [1.82, 2.24) is 15.2 Å². The molecule has 1 N–H and O–H groups in total. The van der Waals surface area contributed by atoms with Gasteiger partial charge in [0.05, 0.1) is 0 Å². The number of carbonyl (C=O) groups is 2. The van der Waals surface area contributed by atoms with E-state index in [9.17, 15) is 9.59 Å². The van der Waals surface area contributed by atoms with Crippen LogP contribution in [0.25, 0.3) is 0 Å². The highest BCUT2D eigenvalue weighted by Crippen LogP contribution is 2.33. The average molecular weight is 286 g/mol. The zero-order valence-corrected chi connectivity index (χ0v) is 13.2. The van der Waals surface area contributed by atoms with Gasteiger partial charge in [-0.2, -0.15) is 0 Å². The summed E-state index contributed by atoms with van der Waals surface area (Å²) in [6.07, 6.45) is 0.779. The van der Waals surface area contributed by atoms with Crippen LogP contribution >= 0.6 is 11.8 Å². The molecule has 0 aromatic carbocycles. The number of hydrazone groups is 1. The van der Waals surface area contributed by atoms with Gasteiger partial charge in [-0.1, -0.05) is 39.5 Å². The van der Waals surface area contributed by atoms with Crippen molar-refractivity contribution in [2.45, 2.75) is 39.5 Å². The fourth-order valence-electron chi connectivity index (χ4n) is 1.53. The Labute approximate surface area is 118 Å². The summed E-state index contributed by atoms with van der Waals surface area (Å²) < 4.78 is 0. The van der Waals surface area contributed by atoms with Crippen LogP contribution in [0, 0.1) is 5.41 Å². The maximum absolute atomic E-state index is 12.3. The third-order valence-corrected chi connectivity index (χ3v) is 4.08. The number of urea groups is 1. The van der Waals surface area contributed by atoms with Crippen LogP contribution in [-0.2, 0) is 4.79 Å². The first-order valence-corrected chi connectivity index (χ1v) is 7.14. The number of amides is 3. The third kappa shape index (κ3) is 3.40. The van der Waals surface area contributed by atoms with Gasteiger partial charge in [0, 0.05) is 19.5 Å². The minimum atomic E-state index is -0.488. The molecule has 19 heavy (non-hydrogen) atoms. The smallest absolute Gasteiger partial charge is 0.322 e. The number of hydrogen-bond acceptors (Lipinski definition) is 4. The third-order valence-electron chi connectivity index (χ3n) is 2.71. The van der Waals surface area contributed by atoms with Gasteiger partial charge in [-0.3, -0.25) is 9.69 Å². The molecule has 0 radical (unpaired) electrons. The van der Waals surface area contributed by atoms with Crippen LogP contribution in [0.1, 0.15) is 34.1 Å². The molecule has 0 fully saturated rings. The highest BCUT2D eigenvalue weighted by atomic mass is 32.2. The SMILES string of the molecule is CCC1SC(N(C)C(=O)NC)=NN1C(=O)C(C)(C)C. The Morgan fingerprint density at radius 1 is 1.47 bits per heavy atom. The number of thioether (sulfide) groups is 1. The summed E-state index contributed by atoms with van der Waals surface area (Å²) in [4.78, 5) is 25.3. The van der Waals surface area contributed by atoms with Gasteiger partial charge in [-0.15, -0.1) is 5.10 Å². The zero-order chi connectivity index (χ0) is 14.8. The largest absolute Gasteiger partial charge is 0.341 e. The topological polar surface area (TPSA) is 65.0 Å². The zero-order valence-electron chi connectivity index (χ0n) is 12.4. The van der Waals surface area contributed by atoms with E-state index in [0.29, 0.717) is 5.17 Å². The summed E-state index contributed by atoms with van der Waals surface area (Å²) in [6.45, 7) is 7.59. The van der Waals surface area contributed by atoms with Crippen molar-refractivity contribution in [3.05, 3.63) is 0 Å². The summed E-state index contributed by atoms with van der Waals surface area (Å²) >= 11 is 1.44. The number of rotatable bonds is 1. The van der Waals surface area contributed by atoms with Gasteiger partial charge < -0.3 is 5.32 Å². The first-order chi connectivity index (χ1) is 8.72. The number of carbonyl (C=O) groups excluding carboxylic acids is 2. The molecule has 0 aromatic rings. The van der Waals surface area contributed by atoms with Crippen LogP contribution in [0.5, 0.6) is 0 Å². The lowest BCUT2D eigenvalue weighted by Crippen LogP contribution is -2.39. The Morgan fingerprint density at radius 2 is 2.05 bits per heavy atom. The summed E-state index contributed by atoms with van der Waals surface area (Å²) in [5.74, 6) is -0.0350. The number of hydrogen-bond donors (Lipinski definition) is 1. The molecule has 108 valence electrons. The first-order valence-electron chi connectivity index (χ1n) is 6.26. The monoisotopic (exact) mass is 286 g/mol. The second-order valence-corrected chi connectivity index (χ2v) is 6.52. The lowest BCUT2D eigenvalue weighted by molar-refractivity contribution is -0.140. The van der Waals surface area contributed by atoms with E-state index in [-0.39, 0.29) is 17.3 Å². The molecule has 0 saturated heterocycles. The Hall–Kier alpha value is -1.24. The fourth-order valence-corrected chi connectivity index (χ4v) is 2.56. The molecule has 1 heterocycles. The molecule has 0 saturated carbocycles. The number of amidine groups is 1. The van der Waals surface area contributed by atoms with Crippen LogP contribution in [0.2, 0.25) is 0 Å². The normalized spacial score (nSPS) is 19.2. The molecular formula is C12H22N4O2S. The number of nitrogens with one attached hydrogen (secondary N) is 1. The molecule has 0 spiro atoms. The van der Waals surface area contributed by atoms with Gasteiger partial charge in [0.1, 0.15) is 5.37 Å². The Kier molecular flexibility index (Phi) is 4.84. The van der Waals surface area contributed by atoms with Crippen molar-refractivity contribution in [2.75, 3.05) is 14.1 Å². The van der Waals surface area contributed by atoms with Crippen LogP contribution in [0.15, 0.2) is 5.10 Å². The molecule has 0 aliphatic carbocycles. The Bertz CT molecular complexity index is 403. The molecule has 1 unspecified atom stereocenters. The minimum absolute atomic E-state index is 0.0350. The molecule has 7 heteroatoms. The van der Waals surface area contributed by atoms with E-state index in [2.05, 4.69) is 10.4 Å². The Balaban J connectivity index is 2.95. The summed E-state index contributed by atoms with van der Waals surface area (Å²) in [5, 5.41) is 8.84. The summed E-state index contributed by atoms with van der Waals surface area (Å²) in [5.41, 5.74) is -0.488. The molecule has 0 bridgehead atoms. The molecule has 1 aliphatic heterocycles. The molecule has 6 nitrogen and oxygen atoms in total. The highest BCUT2D eigenvalue weighted by molar-refractivity contribution is 8.14. The summed E-state index contributed by atoms with van der Waals surface area (Å²) in [6, 6.07) is -0.244. The number of nitrogens with zero attached hydrogens (tertiary/aromatic N) is 3. The van der Waals surface area contributed by atoms with Gasteiger partial charge >= 0.3 is 6.03 Å². The lowest BCUT2D eigenvalue weighted by atomic mass is 9.95. The van der Waals surface area contributed by atoms with Crippen molar-refractivity contribution in [1.29, 1.82) is 0 Å². The predicted molar refractivity (Wildman–Crippen MR) is 77.6 cm³/mol. The van der Waals surface area contributed by atoms with Crippen molar-refractivity contribution in [2.24, 2.45) is 10.5 Å². The molecule has 1 atom stereocenters. The van der Waals surface area contributed by atoms with Gasteiger partial charge in [0.25, 0.3) is 0 Å². The van der Waals surface area contributed by atoms with Crippen LogP contribution in [0.3, 0.4) is 0 Å². The van der Waals surface area contributed by atoms with Gasteiger partial charge in [0.15, 0.2) is 5.17 Å². The molecular weight excluding hydrogens is 264 g/mol. The standard InChI is InChI=1S/C12H22N4O2S/c1-7-8-16(9(17)12(2,3)4)14-11(19-8)15(6)10(18)13-5/h8H,7H2,1-6H3,(H,13,18).